The van der Waals surface area contributed by atoms with Gasteiger partial charge in [0.15, 0.2) is 0 Å². The molecule has 6 heteroatoms. The SMILES string of the molecule is COc1ccc(-c2csc(/C(C#N)=C/Nc3cccc4ccc(C)nc34)n2)cc1. The maximum atomic E-state index is 9.64. The molecule has 142 valence electrons. The van der Waals surface area contributed by atoms with Crippen molar-refractivity contribution in [1.82, 2.24) is 9.97 Å². The normalized spacial score (nSPS) is 11.3. The van der Waals surface area contributed by atoms with Gasteiger partial charge in [-0.1, -0.05) is 18.2 Å². The molecule has 0 saturated carbocycles. The summed E-state index contributed by atoms with van der Waals surface area (Å²) in [7, 11) is 1.64. The van der Waals surface area contributed by atoms with Gasteiger partial charge >= 0.3 is 0 Å². The number of benzene rings is 2. The van der Waals surface area contributed by atoms with E-state index < -0.39 is 0 Å². The lowest BCUT2D eigenvalue weighted by Crippen LogP contribution is -1.94. The first-order chi connectivity index (χ1) is 14.2. The van der Waals surface area contributed by atoms with E-state index in [-0.39, 0.29) is 0 Å². The molecule has 4 aromatic rings. The molecule has 0 fully saturated rings. The van der Waals surface area contributed by atoms with Crippen LogP contribution in [0.3, 0.4) is 0 Å². The zero-order chi connectivity index (χ0) is 20.2. The molecule has 0 bridgehead atoms. The molecule has 29 heavy (non-hydrogen) atoms. The number of methoxy groups -OCH3 is 1. The Bertz CT molecular complexity index is 1240. The second-order valence-electron chi connectivity index (χ2n) is 6.41. The van der Waals surface area contributed by atoms with Gasteiger partial charge in [0.25, 0.3) is 0 Å². The number of pyridine rings is 1. The van der Waals surface area contributed by atoms with Gasteiger partial charge in [-0.05, 0) is 43.3 Å². The van der Waals surface area contributed by atoms with Crippen molar-refractivity contribution in [3.8, 4) is 23.1 Å². The minimum absolute atomic E-state index is 0.472. The first kappa shape index (κ1) is 18.7. The summed E-state index contributed by atoms with van der Waals surface area (Å²) in [6, 6.07) is 19.9. The minimum Gasteiger partial charge on any atom is -0.497 e. The van der Waals surface area contributed by atoms with Gasteiger partial charge in [0, 0.05) is 28.2 Å². The summed E-state index contributed by atoms with van der Waals surface area (Å²) in [6.07, 6.45) is 1.69. The van der Waals surface area contributed by atoms with Crippen molar-refractivity contribution in [2.45, 2.75) is 6.92 Å². The van der Waals surface area contributed by atoms with E-state index in [1.165, 1.54) is 11.3 Å². The van der Waals surface area contributed by atoms with Crippen LogP contribution >= 0.6 is 11.3 Å². The molecule has 0 amide bonds. The third-order valence-electron chi connectivity index (χ3n) is 4.47. The number of aromatic nitrogens is 2. The Morgan fingerprint density at radius 1 is 1.10 bits per heavy atom. The lowest BCUT2D eigenvalue weighted by Gasteiger charge is -2.06. The molecule has 0 radical (unpaired) electrons. The van der Waals surface area contributed by atoms with E-state index >= 15 is 0 Å². The number of hydrogen-bond acceptors (Lipinski definition) is 6. The van der Waals surface area contributed by atoms with E-state index in [4.69, 9.17) is 4.74 Å². The maximum absolute atomic E-state index is 9.64. The molecule has 2 aromatic heterocycles. The number of allylic oxidation sites excluding steroid dienone is 1. The van der Waals surface area contributed by atoms with E-state index in [2.05, 4.69) is 21.4 Å². The highest BCUT2D eigenvalue weighted by molar-refractivity contribution is 7.11. The summed E-state index contributed by atoms with van der Waals surface area (Å²) in [6.45, 7) is 1.96. The van der Waals surface area contributed by atoms with Crippen LogP contribution in [-0.4, -0.2) is 17.1 Å². The standard InChI is InChI=1S/C23H18N4OS/c1-15-6-7-17-4-3-5-20(22(17)26-15)25-13-18(12-24)23-27-21(14-29-23)16-8-10-19(28-2)11-9-16/h3-11,13-14,25H,1-2H3/b18-13+. The predicted molar refractivity (Wildman–Crippen MR) is 118 cm³/mol. The Kier molecular flexibility index (Phi) is 5.23. The van der Waals surface area contributed by atoms with Crippen molar-refractivity contribution >= 4 is 33.5 Å². The van der Waals surface area contributed by atoms with Crippen LogP contribution in [-0.2, 0) is 0 Å². The lowest BCUT2D eigenvalue weighted by molar-refractivity contribution is 0.415. The molecule has 2 heterocycles. The summed E-state index contributed by atoms with van der Waals surface area (Å²) >= 11 is 1.44. The third-order valence-corrected chi connectivity index (χ3v) is 5.35. The molecule has 0 spiro atoms. The van der Waals surface area contributed by atoms with E-state index in [9.17, 15) is 5.26 Å². The number of nitriles is 1. The van der Waals surface area contributed by atoms with Gasteiger partial charge in [0.05, 0.1) is 24.0 Å². The van der Waals surface area contributed by atoms with Crippen LogP contribution < -0.4 is 10.1 Å². The number of rotatable bonds is 5. The maximum Gasteiger partial charge on any atom is 0.136 e. The number of fused-ring (bicyclic) bond motifs is 1. The van der Waals surface area contributed by atoms with Gasteiger partial charge < -0.3 is 10.1 Å². The second-order valence-corrected chi connectivity index (χ2v) is 7.27. The van der Waals surface area contributed by atoms with Crippen molar-refractivity contribution in [2.75, 3.05) is 12.4 Å². The zero-order valence-corrected chi connectivity index (χ0v) is 16.8. The van der Waals surface area contributed by atoms with E-state index in [0.717, 1.165) is 39.3 Å². The Labute approximate surface area is 172 Å². The van der Waals surface area contributed by atoms with Crippen molar-refractivity contribution < 1.29 is 4.74 Å². The number of nitrogens with zero attached hydrogens (tertiary/aromatic N) is 3. The number of anilines is 1. The van der Waals surface area contributed by atoms with Crippen LogP contribution in [0.15, 0.2) is 66.2 Å². The fourth-order valence-electron chi connectivity index (χ4n) is 2.94. The van der Waals surface area contributed by atoms with Gasteiger partial charge in [-0.25, -0.2) is 4.98 Å². The summed E-state index contributed by atoms with van der Waals surface area (Å²) in [5, 5.41) is 16.5. The molecule has 0 unspecified atom stereocenters. The van der Waals surface area contributed by atoms with Crippen LogP contribution in [0.25, 0.3) is 27.7 Å². The zero-order valence-electron chi connectivity index (χ0n) is 16.0. The van der Waals surface area contributed by atoms with Crippen LogP contribution in [0.1, 0.15) is 10.7 Å². The Balaban J connectivity index is 1.61. The first-order valence-corrected chi connectivity index (χ1v) is 9.89. The molecule has 2 aromatic carbocycles. The van der Waals surface area contributed by atoms with Gasteiger partial charge in [0.2, 0.25) is 0 Å². The Morgan fingerprint density at radius 3 is 2.69 bits per heavy atom. The van der Waals surface area contributed by atoms with E-state index in [1.54, 1.807) is 13.3 Å². The Hall–Kier alpha value is -3.69. The van der Waals surface area contributed by atoms with Gasteiger partial charge in [0.1, 0.15) is 22.4 Å². The molecule has 0 atom stereocenters. The number of hydrogen-bond donors (Lipinski definition) is 1. The number of nitrogens with one attached hydrogen (secondary N) is 1. The number of aryl methyl sites for hydroxylation is 1. The molecular weight excluding hydrogens is 380 g/mol. The number of ether oxygens (including phenoxy) is 1. The average molecular weight is 398 g/mol. The summed E-state index contributed by atoms with van der Waals surface area (Å²) in [5.74, 6) is 0.796. The van der Waals surface area contributed by atoms with E-state index in [1.807, 2.05) is 66.9 Å². The van der Waals surface area contributed by atoms with Crippen LogP contribution in [0.5, 0.6) is 5.75 Å². The summed E-state index contributed by atoms with van der Waals surface area (Å²) in [5.41, 5.74) is 4.95. The minimum atomic E-state index is 0.472. The van der Waals surface area contributed by atoms with Crippen molar-refractivity contribution in [3.63, 3.8) is 0 Å². The van der Waals surface area contributed by atoms with Crippen LogP contribution in [0.2, 0.25) is 0 Å². The molecule has 0 aliphatic rings. The van der Waals surface area contributed by atoms with Crippen molar-refractivity contribution in [2.24, 2.45) is 0 Å². The largest absolute Gasteiger partial charge is 0.497 e. The quantitative estimate of drug-likeness (QED) is 0.440. The second kappa shape index (κ2) is 8.13. The Morgan fingerprint density at radius 2 is 1.93 bits per heavy atom. The van der Waals surface area contributed by atoms with Gasteiger partial charge in [-0.3, -0.25) is 4.98 Å². The molecule has 1 N–H and O–H groups in total. The molecule has 0 aliphatic carbocycles. The fraction of sp³-hybridized carbons (Fsp3) is 0.0870. The van der Waals surface area contributed by atoms with Crippen LogP contribution in [0, 0.1) is 18.3 Å². The summed E-state index contributed by atoms with van der Waals surface area (Å²) in [4.78, 5) is 9.24. The van der Waals surface area contributed by atoms with Crippen LogP contribution in [0.4, 0.5) is 5.69 Å². The average Bonchev–Trinajstić information content (AvgIpc) is 3.24. The third kappa shape index (κ3) is 3.96. The fourth-order valence-corrected chi connectivity index (χ4v) is 3.74. The number of thiazole rings is 1. The van der Waals surface area contributed by atoms with Gasteiger partial charge in [-0.2, -0.15) is 5.26 Å². The van der Waals surface area contributed by atoms with E-state index in [0.29, 0.717) is 10.6 Å². The molecule has 0 aliphatic heterocycles. The monoisotopic (exact) mass is 398 g/mol. The molecule has 0 saturated heterocycles. The first-order valence-electron chi connectivity index (χ1n) is 9.01. The predicted octanol–water partition coefficient (Wildman–Crippen LogP) is 5.65. The summed E-state index contributed by atoms with van der Waals surface area (Å²) < 4.78 is 5.19. The van der Waals surface area contributed by atoms with Crippen molar-refractivity contribution in [3.05, 3.63) is 76.9 Å². The highest BCUT2D eigenvalue weighted by atomic mass is 32.1. The highest BCUT2D eigenvalue weighted by Gasteiger charge is 2.10. The van der Waals surface area contributed by atoms with Gasteiger partial charge in [-0.15, -0.1) is 11.3 Å². The molecule has 4 rings (SSSR count). The lowest BCUT2D eigenvalue weighted by atomic mass is 10.1. The van der Waals surface area contributed by atoms with Crippen molar-refractivity contribution in [1.29, 1.82) is 5.26 Å². The molecular formula is C23H18N4OS. The number of para-hydroxylation sites is 1. The topological polar surface area (TPSA) is 70.8 Å². The molecule has 5 nitrogen and oxygen atoms in total. The smallest absolute Gasteiger partial charge is 0.136 e. The highest BCUT2D eigenvalue weighted by Crippen LogP contribution is 2.28.